The van der Waals surface area contributed by atoms with E-state index in [4.69, 9.17) is 11.6 Å². The second-order valence-electron chi connectivity index (χ2n) is 5.27. The van der Waals surface area contributed by atoms with Gasteiger partial charge in [-0.3, -0.25) is 0 Å². The summed E-state index contributed by atoms with van der Waals surface area (Å²) in [6.45, 7) is 4.74. The van der Waals surface area contributed by atoms with E-state index in [0.717, 1.165) is 24.1 Å². The van der Waals surface area contributed by atoms with Gasteiger partial charge in [0.25, 0.3) is 10.0 Å². The summed E-state index contributed by atoms with van der Waals surface area (Å²) in [5.41, 5.74) is 0. The Morgan fingerprint density at radius 3 is 2.79 bits per heavy atom. The lowest BCUT2D eigenvalue weighted by Crippen LogP contribution is -2.44. The molecule has 0 N–H and O–H groups in total. The van der Waals surface area contributed by atoms with Crippen molar-refractivity contribution < 1.29 is 8.42 Å². The highest BCUT2D eigenvalue weighted by molar-refractivity contribution is 7.91. The second-order valence-corrected chi connectivity index (χ2v) is 8.93. The van der Waals surface area contributed by atoms with Gasteiger partial charge in [0.15, 0.2) is 0 Å². The Labute approximate surface area is 124 Å². The molecular weight excluding hydrogens is 302 g/mol. The van der Waals surface area contributed by atoms with Crippen LogP contribution in [0.25, 0.3) is 0 Å². The SMILES string of the molecule is CC1CCC(C)N(S(=O)(=O)c2ccc(CCCl)s2)C1. The number of piperidine rings is 1. The smallest absolute Gasteiger partial charge is 0.206 e. The Kier molecular flexibility index (Phi) is 4.93. The molecule has 1 fully saturated rings. The summed E-state index contributed by atoms with van der Waals surface area (Å²) in [6, 6.07) is 3.69. The second kappa shape index (κ2) is 6.12. The largest absolute Gasteiger partial charge is 0.252 e. The van der Waals surface area contributed by atoms with Gasteiger partial charge in [-0.2, -0.15) is 4.31 Å². The van der Waals surface area contributed by atoms with Gasteiger partial charge in [0, 0.05) is 23.3 Å². The van der Waals surface area contributed by atoms with Crippen molar-refractivity contribution in [1.82, 2.24) is 4.31 Å². The number of thiophene rings is 1. The van der Waals surface area contributed by atoms with Crippen LogP contribution in [0, 0.1) is 5.92 Å². The fraction of sp³-hybridized carbons (Fsp3) is 0.692. The molecule has 0 radical (unpaired) electrons. The van der Waals surface area contributed by atoms with Gasteiger partial charge in [-0.1, -0.05) is 6.92 Å². The van der Waals surface area contributed by atoms with Crippen molar-refractivity contribution in [3.05, 3.63) is 17.0 Å². The third kappa shape index (κ3) is 3.32. The summed E-state index contributed by atoms with van der Waals surface area (Å²) in [6.07, 6.45) is 2.78. The molecule has 1 aliphatic rings. The molecule has 108 valence electrons. The van der Waals surface area contributed by atoms with Crippen LogP contribution in [0.4, 0.5) is 0 Å². The van der Waals surface area contributed by atoms with Crippen molar-refractivity contribution >= 4 is 33.0 Å². The number of nitrogens with zero attached hydrogens (tertiary/aromatic N) is 1. The molecule has 1 aromatic heterocycles. The number of halogens is 1. The molecule has 0 amide bonds. The van der Waals surface area contributed by atoms with E-state index in [1.54, 1.807) is 10.4 Å². The predicted molar refractivity (Wildman–Crippen MR) is 80.5 cm³/mol. The van der Waals surface area contributed by atoms with Crippen LogP contribution in [0.5, 0.6) is 0 Å². The van der Waals surface area contributed by atoms with Crippen LogP contribution in [-0.2, 0) is 16.4 Å². The summed E-state index contributed by atoms with van der Waals surface area (Å²) in [5, 5.41) is 0. The zero-order valence-corrected chi connectivity index (χ0v) is 13.7. The standard InChI is InChI=1S/C13H20ClNO2S2/c1-10-3-4-11(2)15(9-10)19(16,17)13-6-5-12(18-13)7-8-14/h5-6,10-11H,3-4,7-9H2,1-2H3. The summed E-state index contributed by atoms with van der Waals surface area (Å²) in [5.74, 6) is 0.963. The quantitative estimate of drug-likeness (QED) is 0.798. The van der Waals surface area contributed by atoms with Gasteiger partial charge in [0.05, 0.1) is 0 Å². The molecule has 1 aliphatic heterocycles. The van der Waals surface area contributed by atoms with Crippen molar-refractivity contribution in [3.8, 4) is 0 Å². The van der Waals surface area contributed by atoms with E-state index in [-0.39, 0.29) is 6.04 Å². The molecule has 0 aromatic carbocycles. The lowest BCUT2D eigenvalue weighted by atomic mass is 9.97. The van der Waals surface area contributed by atoms with Crippen molar-refractivity contribution in [2.75, 3.05) is 12.4 Å². The van der Waals surface area contributed by atoms with Gasteiger partial charge in [-0.05, 0) is 44.2 Å². The molecule has 0 spiro atoms. The lowest BCUT2D eigenvalue weighted by Gasteiger charge is -2.35. The van der Waals surface area contributed by atoms with Gasteiger partial charge in [-0.15, -0.1) is 22.9 Å². The number of aryl methyl sites for hydroxylation is 1. The van der Waals surface area contributed by atoms with Crippen LogP contribution >= 0.6 is 22.9 Å². The van der Waals surface area contributed by atoms with Crippen LogP contribution < -0.4 is 0 Å². The van der Waals surface area contributed by atoms with Gasteiger partial charge in [0.2, 0.25) is 0 Å². The number of rotatable bonds is 4. The molecule has 19 heavy (non-hydrogen) atoms. The van der Waals surface area contributed by atoms with Crippen molar-refractivity contribution in [3.63, 3.8) is 0 Å². The summed E-state index contributed by atoms with van der Waals surface area (Å²) in [4.78, 5) is 1.03. The van der Waals surface area contributed by atoms with Crippen molar-refractivity contribution in [1.29, 1.82) is 0 Å². The molecule has 1 aromatic rings. The highest BCUT2D eigenvalue weighted by atomic mass is 35.5. The highest BCUT2D eigenvalue weighted by Crippen LogP contribution is 2.31. The summed E-state index contributed by atoms with van der Waals surface area (Å²) < 4.78 is 27.4. The number of hydrogen-bond donors (Lipinski definition) is 0. The maximum absolute atomic E-state index is 12.7. The molecule has 2 unspecified atom stereocenters. The number of alkyl halides is 1. The normalized spacial score (nSPS) is 25.6. The van der Waals surface area contributed by atoms with Crippen LogP contribution in [0.2, 0.25) is 0 Å². The Hall–Kier alpha value is -0.100. The average molecular weight is 322 g/mol. The predicted octanol–water partition coefficient (Wildman–Crippen LogP) is 3.34. The highest BCUT2D eigenvalue weighted by Gasteiger charge is 2.34. The summed E-state index contributed by atoms with van der Waals surface area (Å²) >= 11 is 7.04. The number of sulfonamides is 1. The first kappa shape index (κ1) is 15.3. The zero-order valence-electron chi connectivity index (χ0n) is 11.3. The first-order chi connectivity index (χ1) is 8.95. The Morgan fingerprint density at radius 2 is 2.11 bits per heavy atom. The Morgan fingerprint density at radius 1 is 1.37 bits per heavy atom. The molecule has 0 saturated carbocycles. The van der Waals surface area contributed by atoms with Crippen LogP contribution in [0.1, 0.15) is 31.6 Å². The fourth-order valence-corrected chi connectivity index (χ4v) is 6.00. The molecule has 6 heteroatoms. The Bertz CT molecular complexity index is 527. The maximum atomic E-state index is 12.7. The van der Waals surface area contributed by atoms with Gasteiger partial charge in [-0.25, -0.2) is 8.42 Å². The minimum absolute atomic E-state index is 0.0970. The van der Waals surface area contributed by atoms with Crippen LogP contribution in [0.3, 0.4) is 0 Å². The van der Waals surface area contributed by atoms with Crippen LogP contribution in [0.15, 0.2) is 16.3 Å². The monoisotopic (exact) mass is 321 g/mol. The minimum atomic E-state index is -3.33. The zero-order chi connectivity index (χ0) is 14.0. The maximum Gasteiger partial charge on any atom is 0.252 e. The topological polar surface area (TPSA) is 37.4 Å². The van der Waals surface area contributed by atoms with Crippen LogP contribution in [-0.4, -0.2) is 31.2 Å². The van der Waals surface area contributed by atoms with E-state index in [1.165, 1.54) is 11.3 Å². The molecule has 3 nitrogen and oxygen atoms in total. The number of hydrogen-bond acceptors (Lipinski definition) is 3. The van der Waals surface area contributed by atoms with Crippen molar-refractivity contribution in [2.24, 2.45) is 5.92 Å². The van der Waals surface area contributed by atoms with E-state index >= 15 is 0 Å². The first-order valence-corrected chi connectivity index (χ1v) is 9.40. The van der Waals surface area contributed by atoms with Gasteiger partial charge >= 0.3 is 0 Å². The van der Waals surface area contributed by atoms with E-state index in [2.05, 4.69) is 6.92 Å². The fourth-order valence-electron chi connectivity index (χ4n) is 2.42. The molecular formula is C13H20ClNO2S2. The van der Waals surface area contributed by atoms with E-state index in [0.29, 0.717) is 22.6 Å². The third-order valence-corrected chi connectivity index (χ3v) is 7.38. The third-order valence-electron chi connectivity index (χ3n) is 3.60. The summed E-state index contributed by atoms with van der Waals surface area (Å²) in [7, 11) is -3.33. The van der Waals surface area contributed by atoms with Crippen molar-refractivity contribution in [2.45, 2.75) is 43.4 Å². The minimum Gasteiger partial charge on any atom is -0.206 e. The van der Waals surface area contributed by atoms with E-state index < -0.39 is 10.0 Å². The molecule has 2 atom stereocenters. The molecule has 1 saturated heterocycles. The van der Waals surface area contributed by atoms with Gasteiger partial charge in [0.1, 0.15) is 4.21 Å². The average Bonchev–Trinajstić information content (AvgIpc) is 2.82. The lowest BCUT2D eigenvalue weighted by molar-refractivity contribution is 0.218. The van der Waals surface area contributed by atoms with E-state index in [1.807, 2.05) is 13.0 Å². The molecule has 2 heterocycles. The molecule has 0 bridgehead atoms. The Balaban J connectivity index is 2.24. The molecule has 2 rings (SSSR count). The first-order valence-electron chi connectivity index (χ1n) is 6.61. The van der Waals surface area contributed by atoms with Gasteiger partial charge < -0.3 is 0 Å². The molecule has 0 aliphatic carbocycles. The van der Waals surface area contributed by atoms with E-state index in [9.17, 15) is 8.42 Å².